The van der Waals surface area contributed by atoms with Crippen molar-refractivity contribution in [3.63, 3.8) is 0 Å². The molecule has 0 fully saturated rings. The van der Waals surface area contributed by atoms with Crippen molar-refractivity contribution in [2.24, 2.45) is 0 Å². The maximum absolute atomic E-state index is 11.2. The molecule has 0 unspecified atom stereocenters. The summed E-state index contributed by atoms with van der Waals surface area (Å²) in [6, 6.07) is 16.3. The molecule has 0 radical (unpaired) electrons. The van der Waals surface area contributed by atoms with Gasteiger partial charge in [0.25, 0.3) is 0 Å². The second-order valence-electron chi connectivity index (χ2n) is 5.24. The highest BCUT2D eigenvalue weighted by atomic mass is 16.4. The summed E-state index contributed by atoms with van der Waals surface area (Å²) >= 11 is 0. The van der Waals surface area contributed by atoms with E-state index in [0.29, 0.717) is 6.54 Å². The quantitative estimate of drug-likeness (QED) is 0.799. The third kappa shape index (κ3) is 2.76. The highest BCUT2D eigenvalue weighted by Gasteiger charge is 2.12. The van der Waals surface area contributed by atoms with E-state index in [9.17, 15) is 9.90 Å². The van der Waals surface area contributed by atoms with Gasteiger partial charge in [-0.25, -0.2) is 9.78 Å². The van der Waals surface area contributed by atoms with Crippen LogP contribution in [0.4, 0.5) is 0 Å². The Labute approximate surface area is 128 Å². The number of rotatable bonds is 4. The molecule has 3 aromatic rings. The fraction of sp³-hybridized carbons (Fsp3) is 0.111. The number of carboxylic acid groups (broad SMARTS) is 1. The normalized spacial score (nSPS) is 10.6. The summed E-state index contributed by atoms with van der Waals surface area (Å²) in [7, 11) is 0. The van der Waals surface area contributed by atoms with Gasteiger partial charge in [-0.3, -0.25) is 0 Å². The number of hydrogen-bond acceptors (Lipinski definition) is 2. The van der Waals surface area contributed by atoms with E-state index in [1.807, 2.05) is 30.3 Å². The number of imidazole rings is 1. The van der Waals surface area contributed by atoms with Crippen LogP contribution in [0.3, 0.4) is 0 Å². The zero-order valence-corrected chi connectivity index (χ0v) is 12.2. The van der Waals surface area contributed by atoms with E-state index in [1.54, 1.807) is 10.9 Å². The van der Waals surface area contributed by atoms with Gasteiger partial charge in [-0.05, 0) is 23.6 Å². The predicted octanol–water partition coefficient (Wildman–Crippen LogP) is 3.61. The number of hydrogen-bond donors (Lipinski definition) is 1. The molecular formula is C18H16N2O2. The zero-order chi connectivity index (χ0) is 15.5. The first-order valence-corrected chi connectivity index (χ1v) is 7.03. The molecule has 0 aliphatic rings. The minimum absolute atomic E-state index is 0.194. The first-order chi connectivity index (χ1) is 10.6. The highest BCUT2D eigenvalue weighted by Crippen LogP contribution is 2.26. The smallest absolute Gasteiger partial charge is 0.354 e. The van der Waals surface area contributed by atoms with E-state index < -0.39 is 5.97 Å². The molecule has 0 saturated heterocycles. The average Bonchev–Trinajstić information content (AvgIpc) is 2.98. The molecule has 0 aliphatic carbocycles. The first kappa shape index (κ1) is 14.1. The molecule has 3 rings (SSSR count). The van der Waals surface area contributed by atoms with Crippen molar-refractivity contribution >= 4 is 5.97 Å². The fourth-order valence-corrected chi connectivity index (χ4v) is 2.52. The topological polar surface area (TPSA) is 55.1 Å². The van der Waals surface area contributed by atoms with Crippen LogP contribution >= 0.6 is 0 Å². The van der Waals surface area contributed by atoms with Crippen LogP contribution in [0.2, 0.25) is 0 Å². The van der Waals surface area contributed by atoms with E-state index in [1.165, 1.54) is 11.8 Å². The Morgan fingerprint density at radius 2 is 1.95 bits per heavy atom. The van der Waals surface area contributed by atoms with Gasteiger partial charge in [0.2, 0.25) is 0 Å². The summed E-state index contributed by atoms with van der Waals surface area (Å²) in [6.07, 6.45) is 2.93. The molecule has 1 N–H and O–H groups in total. The van der Waals surface area contributed by atoms with Gasteiger partial charge in [-0.2, -0.15) is 0 Å². The van der Waals surface area contributed by atoms with Gasteiger partial charge in [0.05, 0.1) is 12.5 Å². The Morgan fingerprint density at radius 3 is 2.68 bits per heavy atom. The van der Waals surface area contributed by atoms with Crippen molar-refractivity contribution in [3.05, 3.63) is 77.9 Å². The number of aromatic nitrogens is 2. The molecular weight excluding hydrogens is 276 g/mol. The Balaban J connectivity index is 2.04. The van der Waals surface area contributed by atoms with Crippen LogP contribution in [-0.4, -0.2) is 20.6 Å². The lowest BCUT2D eigenvalue weighted by Gasteiger charge is -2.13. The van der Waals surface area contributed by atoms with E-state index in [0.717, 1.165) is 16.7 Å². The maximum atomic E-state index is 11.2. The van der Waals surface area contributed by atoms with Crippen LogP contribution in [0.5, 0.6) is 0 Å². The summed E-state index contributed by atoms with van der Waals surface area (Å²) < 4.78 is 1.65. The van der Waals surface area contributed by atoms with Crippen LogP contribution < -0.4 is 0 Å². The van der Waals surface area contributed by atoms with Gasteiger partial charge in [-0.1, -0.05) is 54.1 Å². The molecule has 0 amide bonds. The summed E-state index contributed by atoms with van der Waals surface area (Å²) in [5, 5.41) is 9.20. The van der Waals surface area contributed by atoms with E-state index in [4.69, 9.17) is 0 Å². The van der Waals surface area contributed by atoms with E-state index >= 15 is 0 Å². The van der Waals surface area contributed by atoms with Crippen molar-refractivity contribution in [1.82, 2.24) is 9.55 Å². The van der Waals surface area contributed by atoms with Crippen molar-refractivity contribution in [1.29, 1.82) is 0 Å². The molecule has 0 aliphatic heterocycles. The monoisotopic (exact) mass is 292 g/mol. The molecule has 110 valence electrons. The van der Waals surface area contributed by atoms with Gasteiger partial charge in [0.15, 0.2) is 0 Å². The third-order valence-electron chi connectivity index (χ3n) is 3.62. The number of carbonyl (C=O) groups is 1. The first-order valence-electron chi connectivity index (χ1n) is 7.03. The second kappa shape index (κ2) is 5.85. The van der Waals surface area contributed by atoms with Gasteiger partial charge >= 0.3 is 5.97 Å². The third-order valence-corrected chi connectivity index (χ3v) is 3.62. The van der Waals surface area contributed by atoms with E-state index in [2.05, 4.69) is 30.1 Å². The van der Waals surface area contributed by atoms with Crippen LogP contribution in [-0.2, 0) is 6.54 Å². The summed E-state index contributed by atoms with van der Waals surface area (Å²) in [6.45, 7) is 2.53. The lowest BCUT2D eigenvalue weighted by atomic mass is 9.97. The minimum Gasteiger partial charge on any atom is -0.477 e. The zero-order valence-electron chi connectivity index (χ0n) is 12.2. The minimum atomic E-state index is -0.967. The molecule has 0 spiro atoms. The molecule has 0 bridgehead atoms. The van der Waals surface area contributed by atoms with Crippen LogP contribution in [0.1, 0.15) is 21.6 Å². The number of carboxylic acids is 1. The largest absolute Gasteiger partial charge is 0.477 e. The molecule has 2 aromatic carbocycles. The molecule has 4 heteroatoms. The van der Waals surface area contributed by atoms with Crippen LogP contribution in [0.25, 0.3) is 11.1 Å². The summed E-state index contributed by atoms with van der Waals surface area (Å²) in [4.78, 5) is 15.2. The summed E-state index contributed by atoms with van der Waals surface area (Å²) in [5.74, 6) is -0.967. The van der Waals surface area contributed by atoms with Gasteiger partial charge < -0.3 is 9.67 Å². The number of aryl methyl sites for hydroxylation is 1. The standard InChI is InChI=1S/C18H16N2O2/c1-13-7-8-15(11-20-12-19-10-17(20)18(21)22)16(9-13)14-5-3-2-4-6-14/h2-10,12H,11H2,1H3,(H,21,22). The lowest BCUT2D eigenvalue weighted by molar-refractivity contribution is 0.0685. The molecule has 22 heavy (non-hydrogen) atoms. The van der Waals surface area contributed by atoms with Gasteiger partial charge in [0, 0.05) is 6.54 Å². The van der Waals surface area contributed by atoms with Gasteiger partial charge in [0.1, 0.15) is 5.69 Å². The van der Waals surface area contributed by atoms with Crippen molar-refractivity contribution in [2.75, 3.05) is 0 Å². The Morgan fingerprint density at radius 1 is 1.18 bits per heavy atom. The number of benzene rings is 2. The van der Waals surface area contributed by atoms with E-state index in [-0.39, 0.29) is 5.69 Å². The Kier molecular flexibility index (Phi) is 3.74. The second-order valence-corrected chi connectivity index (χ2v) is 5.24. The Bertz CT molecular complexity index is 807. The fourth-order valence-electron chi connectivity index (χ4n) is 2.52. The predicted molar refractivity (Wildman–Crippen MR) is 84.9 cm³/mol. The molecule has 0 saturated carbocycles. The van der Waals surface area contributed by atoms with Crippen LogP contribution in [0, 0.1) is 6.92 Å². The number of nitrogens with zero attached hydrogens (tertiary/aromatic N) is 2. The number of aromatic carboxylic acids is 1. The maximum Gasteiger partial charge on any atom is 0.354 e. The molecule has 0 atom stereocenters. The summed E-state index contributed by atoms with van der Waals surface area (Å²) in [5.41, 5.74) is 4.67. The molecule has 1 heterocycles. The molecule has 4 nitrogen and oxygen atoms in total. The van der Waals surface area contributed by atoms with Crippen molar-refractivity contribution in [3.8, 4) is 11.1 Å². The highest BCUT2D eigenvalue weighted by molar-refractivity contribution is 5.85. The van der Waals surface area contributed by atoms with Crippen molar-refractivity contribution < 1.29 is 9.90 Å². The Hall–Kier alpha value is -2.88. The molecule has 1 aromatic heterocycles. The average molecular weight is 292 g/mol. The van der Waals surface area contributed by atoms with Crippen LogP contribution in [0.15, 0.2) is 61.1 Å². The SMILES string of the molecule is Cc1ccc(Cn2cncc2C(=O)O)c(-c2ccccc2)c1. The lowest BCUT2D eigenvalue weighted by Crippen LogP contribution is -2.09. The van der Waals surface area contributed by atoms with Gasteiger partial charge in [-0.15, -0.1) is 0 Å². The van der Waals surface area contributed by atoms with Crippen molar-refractivity contribution in [2.45, 2.75) is 13.5 Å².